The van der Waals surface area contributed by atoms with E-state index in [1.807, 2.05) is 0 Å². The Morgan fingerprint density at radius 3 is 2.24 bits per heavy atom. The fraction of sp³-hybridized carbons (Fsp3) is 0.0714. The van der Waals surface area contributed by atoms with Crippen LogP contribution in [0.2, 0.25) is 5.02 Å². The number of nitrogens with one attached hydrogen (secondary N) is 1. The monoisotopic (exact) mass is 386 g/mol. The normalized spacial score (nSPS) is 12.2. The van der Waals surface area contributed by atoms with E-state index in [1.165, 1.54) is 12.1 Å². The second-order valence-electron chi connectivity index (χ2n) is 4.25. The fourth-order valence-corrected chi connectivity index (χ4v) is 2.80. The highest BCUT2D eigenvalue weighted by atomic mass is 79.9. The Morgan fingerprint density at radius 1 is 1.10 bits per heavy atom. The summed E-state index contributed by atoms with van der Waals surface area (Å²) in [5.74, 6) is 0. The van der Waals surface area contributed by atoms with Gasteiger partial charge in [-0.15, -0.1) is 0 Å². The van der Waals surface area contributed by atoms with Gasteiger partial charge in [0.1, 0.15) is 0 Å². The lowest BCUT2D eigenvalue weighted by Crippen LogP contribution is -2.19. The van der Waals surface area contributed by atoms with Crippen molar-refractivity contribution in [3.63, 3.8) is 0 Å². The van der Waals surface area contributed by atoms with E-state index in [4.69, 9.17) is 11.6 Å². The molecule has 7 heteroatoms. The maximum atomic E-state index is 12.1. The van der Waals surface area contributed by atoms with Crippen LogP contribution in [0.4, 0.5) is 0 Å². The smallest absolute Gasteiger partial charge is 0.200 e. The highest BCUT2D eigenvalue weighted by Crippen LogP contribution is 2.15. The Balaban J connectivity index is 2.18. The first kappa shape index (κ1) is 16.0. The van der Waals surface area contributed by atoms with Gasteiger partial charge in [0.2, 0.25) is 0 Å². The third-order valence-corrected chi connectivity index (χ3v) is 4.72. The van der Waals surface area contributed by atoms with Crippen LogP contribution in [0, 0.1) is 0 Å². The zero-order valence-corrected chi connectivity index (χ0v) is 14.2. The summed E-state index contributed by atoms with van der Waals surface area (Å²) in [6.45, 7) is 1.72. The molecule has 21 heavy (non-hydrogen) atoms. The molecule has 0 saturated heterocycles. The number of nitrogens with zero attached hydrogens (tertiary/aromatic N) is 1. The van der Waals surface area contributed by atoms with Crippen LogP contribution in [0.25, 0.3) is 0 Å². The predicted octanol–water partition coefficient (Wildman–Crippen LogP) is 3.81. The third-order valence-electron chi connectivity index (χ3n) is 2.72. The molecule has 2 rings (SSSR count). The SMILES string of the molecule is C/C(=N\NS(=O)(=O)c1ccc(Br)cc1)c1ccc(Cl)cc1. The topological polar surface area (TPSA) is 58.5 Å². The maximum absolute atomic E-state index is 12.1. The summed E-state index contributed by atoms with van der Waals surface area (Å²) in [6, 6.07) is 13.3. The van der Waals surface area contributed by atoms with Gasteiger partial charge in [0.25, 0.3) is 10.0 Å². The van der Waals surface area contributed by atoms with Crippen LogP contribution in [0.15, 0.2) is 63.0 Å². The summed E-state index contributed by atoms with van der Waals surface area (Å²) >= 11 is 9.06. The van der Waals surface area contributed by atoms with Gasteiger partial charge in [-0.1, -0.05) is 39.7 Å². The van der Waals surface area contributed by atoms with Gasteiger partial charge in [-0.25, -0.2) is 0 Å². The van der Waals surface area contributed by atoms with E-state index >= 15 is 0 Å². The van der Waals surface area contributed by atoms with E-state index in [0.717, 1.165) is 10.0 Å². The number of hydrazone groups is 1. The van der Waals surface area contributed by atoms with Gasteiger partial charge >= 0.3 is 0 Å². The highest BCUT2D eigenvalue weighted by molar-refractivity contribution is 9.10. The molecule has 0 radical (unpaired) electrons. The van der Waals surface area contributed by atoms with Crippen LogP contribution >= 0.6 is 27.5 Å². The minimum Gasteiger partial charge on any atom is -0.200 e. The number of hydrogen-bond acceptors (Lipinski definition) is 3. The second kappa shape index (κ2) is 6.60. The average Bonchev–Trinajstić information content (AvgIpc) is 2.46. The largest absolute Gasteiger partial charge is 0.276 e. The van der Waals surface area contributed by atoms with Crippen LogP contribution in [0.3, 0.4) is 0 Å². The fourth-order valence-electron chi connectivity index (χ4n) is 1.55. The van der Waals surface area contributed by atoms with E-state index in [0.29, 0.717) is 10.7 Å². The molecule has 0 atom stereocenters. The van der Waals surface area contributed by atoms with Crippen molar-refractivity contribution in [1.82, 2.24) is 4.83 Å². The molecular weight excluding hydrogens is 376 g/mol. The van der Waals surface area contributed by atoms with Crippen molar-refractivity contribution in [3.8, 4) is 0 Å². The molecule has 1 N–H and O–H groups in total. The second-order valence-corrected chi connectivity index (χ2v) is 7.27. The van der Waals surface area contributed by atoms with Gasteiger partial charge < -0.3 is 0 Å². The molecule has 0 aromatic heterocycles. The van der Waals surface area contributed by atoms with Gasteiger partial charge in [-0.3, -0.25) is 0 Å². The average molecular weight is 388 g/mol. The first-order valence-electron chi connectivity index (χ1n) is 5.96. The molecule has 0 aliphatic carbocycles. The molecule has 0 amide bonds. The Morgan fingerprint density at radius 2 is 1.67 bits per heavy atom. The standard InChI is InChI=1S/C14H12BrClN2O2S/c1-10(11-2-6-13(16)7-3-11)17-18-21(19,20)14-8-4-12(15)5-9-14/h2-9,18H,1H3/b17-10+. The lowest BCUT2D eigenvalue weighted by atomic mass is 10.1. The van der Waals surface area contributed by atoms with Crippen molar-refractivity contribution in [3.05, 3.63) is 63.6 Å². The van der Waals surface area contributed by atoms with Crippen LogP contribution in [-0.4, -0.2) is 14.1 Å². The van der Waals surface area contributed by atoms with Gasteiger partial charge in [0.05, 0.1) is 10.6 Å². The molecule has 0 aliphatic rings. The predicted molar refractivity (Wildman–Crippen MR) is 88.1 cm³/mol. The first-order chi connectivity index (χ1) is 9.88. The van der Waals surface area contributed by atoms with Crippen LogP contribution in [-0.2, 0) is 10.0 Å². The molecule has 2 aromatic rings. The van der Waals surface area contributed by atoms with Crippen molar-refractivity contribution < 1.29 is 8.42 Å². The molecule has 110 valence electrons. The summed E-state index contributed by atoms with van der Waals surface area (Å²) in [7, 11) is -3.67. The summed E-state index contributed by atoms with van der Waals surface area (Å²) in [4.78, 5) is 2.37. The molecule has 0 spiro atoms. The highest BCUT2D eigenvalue weighted by Gasteiger charge is 2.12. The van der Waals surface area contributed by atoms with Gasteiger partial charge in [-0.2, -0.15) is 18.4 Å². The number of sulfonamides is 1. The number of hydrogen-bond donors (Lipinski definition) is 1. The van der Waals surface area contributed by atoms with E-state index in [2.05, 4.69) is 25.9 Å². The Kier molecular flexibility index (Phi) is 5.03. The van der Waals surface area contributed by atoms with Crippen molar-refractivity contribution >= 4 is 43.3 Å². The van der Waals surface area contributed by atoms with Gasteiger partial charge in [0, 0.05) is 9.50 Å². The number of halogens is 2. The van der Waals surface area contributed by atoms with E-state index in [1.54, 1.807) is 43.3 Å². The third kappa shape index (κ3) is 4.30. The van der Waals surface area contributed by atoms with Crippen molar-refractivity contribution in [1.29, 1.82) is 0 Å². The molecule has 4 nitrogen and oxygen atoms in total. The van der Waals surface area contributed by atoms with Crippen molar-refractivity contribution in [2.24, 2.45) is 5.10 Å². The van der Waals surface area contributed by atoms with E-state index in [-0.39, 0.29) is 4.90 Å². The molecule has 0 bridgehead atoms. The molecule has 2 aromatic carbocycles. The Labute approximate surface area is 137 Å². The van der Waals surface area contributed by atoms with E-state index in [9.17, 15) is 8.42 Å². The van der Waals surface area contributed by atoms with Gasteiger partial charge in [0.15, 0.2) is 0 Å². The number of benzene rings is 2. The van der Waals surface area contributed by atoms with Crippen LogP contribution in [0.5, 0.6) is 0 Å². The lowest BCUT2D eigenvalue weighted by Gasteiger charge is -2.05. The van der Waals surface area contributed by atoms with E-state index < -0.39 is 10.0 Å². The minimum absolute atomic E-state index is 0.151. The lowest BCUT2D eigenvalue weighted by molar-refractivity contribution is 0.584. The quantitative estimate of drug-likeness (QED) is 0.640. The zero-order valence-electron chi connectivity index (χ0n) is 11.0. The zero-order chi connectivity index (χ0) is 15.5. The molecule has 0 saturated carbocycles. The maximum Gasteiger partial charge on any atom is 0.276 e. The summed E-state index contributed by atoms with van der Waals surface area (Å²) in [6.07, 6.45) is 0. The van der Waals surface area contributed by atoms with Crippen molar-refractivity contribution in [2.75, 3.05) is 0 Å². The van der Waals surface area contributed by atoms with Gasteiger partial charge in [-0.05, 0) is 48.9 Å². The molecule has 0 fully saturated rings. The van der Waals surface area contributed by atoms with Crippen molar-refractivity contribution in [2.45, 2.75) is 11.8 Å². The first-order valence-corrected chi connectivity index (χ1v) is 8.61. The molecule has 0 unspecified atom stereocenters. The summed E-state index contributed by atoms with van der Waals surface area (Å²) < 4.78 is 25.0. The number of rotatable bonds is 4. The Hall–Kier alpha value is -1.37. The minimum atomic E-state index is -3.67. The Bertz CT molecular complexity index is 757. The molecule has 0 heterocycles. The molecule has 0 aliphatic heterocycles. The molecular formula is C14H12BrClN2O2S. The van der Waals surface area contributed by atoms with Crippen LogP contribution in [0.1, 0.15) is 12.5 Å². The van der Waals surface area contributed by atoms with Crippen LogP contribution < -0.4 is 4.83 Å². The summed E-state index contributed by atoms with van der Waals surface area (Å²) in [5, 5.41) is 4.53. The summed E-state index contributed by atoms with van der Waals surface area (Å²) in [5.41, 5.74) is 1.34.